The smallest absolute Gasteiger partial charge is 0.105 e. The molecule has 0 amide bonds. The molecule has 0 atom stereocenters. The second-order valence-corrected chi connectivity index (χ2v) is 1.68. The van der Waals surface area contributed by atoms with Crippen LogP contribution in [0, 0.1) is 0 Å². The number of rotatable bonds is 4. The van der Waals surface area contributed by atoms with Gasteiger partial charge < -0.3 is 4.74 Å². The first-order valence-electron chi connectivity index (χ1n) is 3.29. The highest BCUT2D eigenvalue weighted by Crippen LogP contribution is 1.82. The molecule has 0 unspecified atom stereocenters. The molecule has 0 rings (SSSR count). The fourth-order valence-corrected chi connectivity index (χ4v) is 0.372. The van der Waals surface area contributed by atoms with Crippen LogP contribution >= 0.6 is 0 Å². The molecule has 9 heavy (non-hydrogen) atoms. The maximum absolute atomic E-state index is 5.05. The highest BCUT2D eigenvalue weighted by molar-refractivity contribution is 4.78. The SMILES string of the molecule is C/C=C/CO/C=C/CC. The number of hydrogen-bond donors (Lipinski definition) is 0. The first kappa shape index (κ1) is 8.28. The number of allylic oxidation sites excluding steroid dienone is 2. The minimum Gasteiger partial charge on any atom is -0.497 e. The molecule has 0 saturated heterocycles. The topological polar surface area (TPSA) is 9.23 Å². The largest absolute Gasteiger partial charge is 0.497 e. The van der Waals surface area contributed by atoms with Crippen LogP contribution in [0.15, 0.2) is 24.5 Å². The van der Waals surface area contributed by atoms with E-state index in [1.807, 2.05) is 25.2 Å². The van der Waals surface area contributed by atoms with E-state index in [9.17, 15) is 0 Å². The van der Waals surface area contributed by atoms with E-state index in [0.717, 1.165) is 6.42 Å². The fraction of sp³-hybridized carbons (Fsp3) is 0.500. The van der Waals surface area contributed by atoms with Gasteiger partial charge >= 0.3 is 0 Å². The van der Waals surface area contributed by atoms with Gasteiger partial charge in [0, 0.05) is 0 Å². The quantitative estimate of drug-likeness (QED) is 0.319. The molecule has 0 N–H and O–H groups in total. The second-order valence-electron chi connectivity index (χ2n) is 1.68. The first-order chi connectivity index (χ1) is 4.41. The molecule has 0 saturated carbocycles. The lowest BCUT2D eigenvalue weighted by molar-refractivity contribution is 0.288. The predicted molar refractivity (Wildman–Crippen MR) is 40.2 cm³/mol. The van der Waals surface area contributed by atoms with Crippen molar-refractivity contribution < 1.29 is 4.74 Å². The summed E-state index contributed by atoms with van der Waals surface area (Å²) in [5.74, 6) is 0. The minimum absolute atomic E-state index is 0.688. The minimum atomic E-state index is 0.688. The van der Waals surface area contributed by atoms with Gasteiger partial charge in [-0.3, -0.25) is 0 Å². The molecule has 0 aliphatic rings. The molecule has 0 fully saturated rings. The van der Waals surface area contributed by atoms with Crippen molar-refractivity contribution in [3.05, 3.63) is 24.5 Å². The lowest BCUT2D eigenvalue weighted by Crippen LogP contribution is -1.78. The van der Waals surface area contributed by atoms with Crippen LogP contribution in [-0.2, 0) is 4.74 Å². The van der Waals surface area contributed by atoms with Gasteiger partial charge in [-0.25, -0.2) is 0 Å². The van der Waals surface area contributed by atoms with E-state index in [0.29, 0.717) is 6.61 Å². The van der Waals surface area contributed by atoms with Crippen molar-refractivity contribution in [2.75, 3.05) is 6.61 Å². The molecule has 0 aromatic carbocycles. The van der Waals surface area contributed by atoms with Gasteiger partial charge in [-0.2, -0.15) is 0 Å². The Kier molecular flexibility index (Phi) is 6.70. The van der Waals surface area contributed by atoms with Crippen LogP contribution in [0.2, 0.25) is 0 Å². The molecule has 0 bridgehead atoms. The second kappa shape index (κ2) is 7.28. The molecule has 1 heteroatoms. The summed E-state index contributed by atoms with van der Waals surface area (Å²) >= 11 is 0. The first-order valence-corrected chi connectivity index (χ1v) is 3.29. The molecule has 0 radical (unpaired) electrons. The zero-order chi connectivity index (χ0) is 6.95. The summed E-state index contributed by atoms with van der Waals surface area (Å²) in [6.07, 6.45) is 8.71. The van der Waals surface area contributed by atoms with Crippen molar-refractivity contribution in [1.29, 1.82) is 0 Å². The molecule has 0 spiro atoms. The van der Waals surface area contributed by atoms with Crippen LogP contribution in [0.25, 0.3) is 0 Å². The van der Waals surface area contributed by atoms with Crippen LogP contribution in [-0.4, -0.2) is 6.61 Å². The monoisotopic (exact) mass is 126 g/mol. The molecule has 0 aromatic heterocycles. The maximum Gasteiger partial charge on any atom is 0.105 e. The summed E-state index contributed by atoms with van der Waals surface area (Å²) in [6, 6.07) is 0. The van der Waals surface area contributed by atoms with E-state index in [1.54, 1.807) is 6.26 Å². The molecule has 0 aliphatic carbocycles. The van der Waals surface area contributed by atoms with Crippen molar-refractivity contribution in [3.63, 3.8) is 0 Å². The van der Waals surface area contributed by atoms with Gasteiger partial charge in [0.25, 0.3) is 0 Å². The zero-order valence-electron chi connectivity index (χ0n) is 6.13. The molecule has 0 heterocycles. The summed E-state index contributed by atoms with van der Waals surface area (Å²) < 4.78 is 5.05. The maximum atomic E-state index is 5.05. The van der Waals surface area contributed by atoms with E-state index in [2.05, 4.69) is 6.92 Å². The normalized spacial score (nSPS) is 11.3. The molecule has 52 valence electrons. The Bertz CT molecular complexity index is 92.7. The Hall–Kier alpha value is -0.720. The zero-order valence-corrected chi connectivity index (χ0v) is 6.13. The average molecular weight is 126 g/mol. The van der Waals surface area contributed by atoms with Crippen LogP contribution in [0.4, 0.5) is 0 Å². The highest BCUT2D eigenvalue weighted by Gasteiger charge is 1.69. The number of hydrogen-bond acceptors (Lipinski definition) is 1. The van der Waals surface area contributed by atoms with Gasteiger partial charge in [0.15, 0.2) is 0 Å². The van der Waals surface area contributed by atoms with Gasteiger partial charge in [0.05, 0.1) is 6.26 Å². The standard InChI is InChI=1S/C8H14O/c1-3-5-7-9-8-6-4-2/h3,5-6,8H,4,7H2,1-2H3/b5-3+,8-6+. The Morgan fingerprint density at radius 1 is 1.33 bits per heavy atom. The summed E-state index contributed by atoms with van der Waals surface area (Å²) in [7, 11) is 0. The summed E-state index contributed by atoms with van der Waals surface area (Å²) in [5.41, 5.74) is 0. The third-order valence-corrected chi connectivity index (χ3v) is 0.856. The van der Waals surface area contributed by atoms with Crippen LogP contribution in [0.1, 0.15) is 20.3 Å². The van der Waals surface area contributed by atoms with Gasteiger partial charge in [0.1, 0.15) is 6.61 Å². The molecule has 0 aromatic rings. The Labute approximate surface area is 57.0 Å². The van der Waals surface area contributed by atoms with E-state index in [4.69, 9.17) is 4.74 Å². The van der Waals surface area contributed by atoms with Gasteiger partial charge in [-0.15, -0.1) is 0 Å². The van der Waals surface area contributed by atoms with E-state index in [1.165, 1.54) is 0 Å². The third-order valence-electron chi connectivity index (χ3n) is 0.856. The molecule has 0 aliphatic heterocycles. The lowest BCUT2D eigenvalue weighted by atomic mass is 10.5. The highest BCUT2D eigenvalue weighted by atomic mass is 16.5. The summed E-state index contributed by atoms with van der Waals surface area (Å²) in [4.78, 5) is 0. The van der Waals surface area contributed by atoms with Crippen LogP contribution in [0.3, 0.4) is 0 Å². The summed E-state index contributed by atoms with van der Waals surface area (Å²) in [5, 5.41) is 0. The lowest BCUT2D eigenvalue weighted by Gasteiger charge is -1.90. The fourth-order valence-electron chi connectivity index (χ4n) is 0.372. The molecular formula is C8H14O. The van der Waals surface area contributed by atoms with Crippen molar-refractivity contribution in [1.82, 2.24) is 0 Å². The van der Waals surface area contributed by atoms with Gasteiger partial charge in [-0.1, -0.05) is 25.2 Å². The van der Waals surface area contributed by atoms with Crippen molar-refractivity contribution in [2.24, 2.45) is 0 Å². The molecular weight excluding hydrogens is 112 g/mol. The third kappa shape index (κ3) is 7.28. The Morgan fingerprint density at radius 2 is 2.11 bits per heavy atom. The average Bonchev–Trinajstić information content (AvgIpc) is 1.89. The van der Waals surface area contributed by atoms with Gasteiger partial charge in [0.2, 0.25) is 0 Å². The van der Waals surface area contributed by atoms with Crippen LogP contribution in [0.5, 0.6) is 0 Å². The molecule has 1 nitrogen and oxygen atoms in total. The van der Waals surface area contributed by atoms with E-state index < -0.39 is 0 Å². The number of ether oxygens (including phenoxy) is 1. The van der Waals surface area contributed by atoms with E-state index in [-0.39, 0.29) is 0 Å². The van der Waals surface area contributed by atoms with Crippen molar-refractivity contribution >= 4 is 0 Å². The van der Waals surface area contributed by atoms with Crippen molar-refractivity contribution in [2.45, 2.75) is 20.3 Å². The summed E-state index contributed by atoms with van der Waals surface area (Å²) in [6.45, 7) is 4.75. The predicted octanol–water partition coefficient (Wildman–Crippen LogP) is 2.50. The Morgan fingerprint density at radius 3 is 2.67 bits per heavy atom. The van der Waals surface area contributed by atoms with Crippen LogP contribution < -0.4 is 0 Å². The van der Waals surface area contributed by atoms with Crippen molar-refractivity contribution in [3.8, 4) is 0 Å². The Balaban J connectivity index is 2.99. The van der Waals surface area contributed by atoms with Gasteiger partial charge in [-0.05, 0) is 13.3 Å². The van der Waals surface area contributed by atoms with E-state index >= 15 is 0 Å².